The van der Waals surface area contributed by atoms with Crippen molar-refractivity contribution in [2.75, 3.05) is 26.9 Å². The van der Waals surface area contributed by atoms with Gasteiger partial charge in [0.1, 0.15) is 0 Å². The van der Waals surface area contributed by atoms with E-state index in [-0.39, 0.29) is 35.8 Å². The van der Waals surface area contributed by atoms with Gasteiger partial charge in [0.15, 0.2) is 0 Å². The molecule has 7 heteroatoms. The molecule has 2 N–H and O–H groups in total. The summed E-state index contributed by atoms with van der Waals surface area (Å²) in [7, 11) is 1.70. The number of aromatic nitrogens is 1. The predicted octanol–water partition coefficient (Wildman–Crippen LogP) is 0.536. The van der Waals surface area contributed by atoms with Crippen molar-refractivity contribution >= 4 is 5.91 Å². The van der Waals surface area contributed by atoms with Crippen molar-refractivity contribution in [3.63, 3.8) is 0 Å². The molecule has 2 aliphatic rings. The summed E-state index contributed by atoms with van der Waals surface area (Å²) >= 11 is 0. The van der Waals surface area contributed by atoms with Crippen molar-refractivity contribution < 1.29 is 19.4 Å². The summed E-state index contributed by atoms with van der Waals surface area (Å²) in [4.78, 5) is 28.4. The average Bonchev–Trinajstić information content (AvgIpc) is 2.99. The summed E-state index contributed by atoms with van der Waals surface area (Å²) in [6.45, 7) is 0.936. The molecule has 132 valence electrons. The van der Waals surface area contributed by atoms with E-state index < -0.39 is 0 Å². The molecule has 0 unspecified atom stereocenters. The number of H-pyrrole nitrogens is 1. The summed E-state index contributed by atoms with van der Waals surface area (Å²) in [5.41, 5.74) is -0.0778. The van der Waals surface area contributed by atoms with Gasteiger partial charge in [-0.15, -0.1) is 0 Å². The molecule has 2 fully saturated rings. The number of aromatic amines is 1. The topological polar surface area (TPSA) is 91.9 Å². The van der Waals surface area contributed by atoms with E-state index in [1.54, 1.807) is 13.2 Å². The van der Waals surface area contributed by atoms with Gasteiger partial charge >= 0.3 is 0 Å². The quantitative estimate of drug-likeness (QED) is 0.819. The highest BCUT2D eigenvalue weighted by atomic mass is 16.5. The fourth-order valence-corrected chi connectivity index (χ4v) is 3.99. The van der Waals surface area contributed by atoms with Gasteiger partial charge in [-0.25, -0.2) is 0 Å². The molecule has 1 aliphatic carbocycles. The van der Waals surface area contributed by atoms with Crippen molar-refractivity contribution in [1.29, 1.82) is 0 Å². The number of amides is 1. The third-order valence-electron chi connectivity index (χ3n) is 5.28. The number of nitrogens with one attached hydrogen (secondary N) is 1. The van der Waals surface area contributed by atoms with Crippen LogP contribution in [0.25, 0.3) is 0 Å². The van der Waals surface area contributed by atoms with Crippen molar-refractivity contribution in [1.82, 2.24) is 9.88 Å². The van der Waals surface area contributed by atoms with Gasteiger partial charge in [0.05, 0.1) is 36.5 Å². The van der Waals surface area contributed by atoms with Crippen molar-refractivity contribution in [2.24, 2.45) is 0 Å². The molecule has 1 aliphatic heterocycles. The lowest BCUT2D eigenvalue weighted by atomic mass is 9.79. The number of methoxy groups -OCH3 is 1. The maximum Gasteiger partial charge on any atom is 0.255 e. The molecule has 0 radical (unpaired) electrons. The number of nitrogens with zero attached hydrogens (tertiary/aromatic N) is 1. The van der Waals surface area contributed by atoms with E-state index in [4.69, 9.17) is 14.6 Å². The van der Waals surface area contributed by atoms with Crippen LogP contribution in [0.5, 0.6) is 0 Å². The Bertz CT molecular complexity index is 626. The minimum Gasteiger partial charge on any atom is -0.394 e. The molecule has 0 bridgehead atoms. The minimum atomic E-state index is -0.322. The fourth-order valence-electron chi connectivity index (χ4n) is 3.99. The Morgan fingerprint density at radius 2 is 2.29 bits per heavy atom. The molecule has 3 atom stereocenters. The number of ether oxygens (including phenoxy) is 2. The SMILES string of the molecule is CO[C@]12CC[C@H](OCCO)C[C@H]1N(C(=O)c1ccc(=O)[nH]c1)CC2. The third-order valence-corrected chi connectivity index (χ3v) is 5.28. The number of fused-ring (bicyclic) bond motifs is 1. The maximum atomic E-state index is 12.9. The van der Waals surface area contributed by atoms with Gasteiger partial charge in [0, 0.05) is 25.9 Å². The number of carbonyl (C=O) groups excluding carboxylic acids is 1. The highest BCUT2D eigenvalue weighted by molar-refractivity contribution is 5.94. The second-order valence-electron chi connectivity index (χ2n) is 6.47. The lowest BCUT2D eigenvalue weighted by Crippen LogP contribution is -2.53. The Balaban J connectivity index is 1.79. The van der Waals surface area contributed by atoms with Crippen LogP contribution in [-0.4, -0.2) is 65.5 Å². The Labute approximate surface area is 140 Å². The number of aliphatic hydroxyl groups excluding tert-OH is 1. The Morgan fingerprint density at radius 3 is 2.96 bits per heavy atom. The zero-order valence-electron chi connectivity index (χ0n) is 13.9. The second kappa shape index (κ2) is 7.04. The molecule has 24 heavy (non-hydrogen) atoms. The number of likely N-dealkylation sites (tertiary alicyclic amines) is 1. The van der Waals surface area contributed by atoms with Gasteiger partial charge in [-0.3, -0.25) is 9.59 Å². The van der Waals surface area contributed by atoms with Gasteiger partial charge < -0.3 is 24.5 Å². The maximum absolute atomic E-state index is 12.9. The van der Waals surface area contributed by atoms with Gasteiger partial charge in [-0.2, -0.15) is 0 Å². The summed E-state index contributed by atoms with van der Waals surface area (Å²) in [5, 5.41) is 8.95. The highest BCUT2D eigenvalue weighted by Gasteiger charge is 2.52. The smallest absolute Gasteiger partial charge is 0.255 e. The van der Waals surface area contributed by atoms with E-state index in [0.29, 0.717) is 25.1 Å². The molecule has 1 saturated heterocycles. The first-order chi connectivity index (χ1) is 11.6. The monoisotopic (exact) mass is 336 g/mol. The Hall–Kier alpha value is -1.70. The standard InChI is InChI=1S/C17H24N2O5/c1-23-17-5-4-13(24-9-8-20)10-14(17)19(7-6-17)16(22)12-2-3-15(21)18-11-12/h2-3,11,13-14,20H,4-10H2,1H3,(H,18,21)/t13-,14+,17-/m0/s1. The third kappa shape index (κ3) is 3.11. The largest absolute Gasteiger partial charge is 0.394 e. The van der Waals surface area contributed by atoms with Crippen molar-refractivity contribution in [3.8, 4) is 0 Å². The predicted molar refractivity (Wildman–Crippen MR) is 86.9 cm³/mol. The average molecular weight is 336 g/mol. The number of hydrogen-bond acceptors (Lipinski definition) is 5. The molecule has 0 aromatic carbocycles. The van der Waals surface area contributed by atoms with Crippen LogP contribution in [0.4, 0.5) is 0 Å². The van der Waals surface area contributed by atoms with Gasteiger partial charge in [-0.05, 0) is 31.7 Å². The fraction of sp³-hybridized carbons (Fsp3) is 0.647. The molecule has 3 rings (SSSR count). The first-order valence-electron chi connectivity index (χ1n) is 8.37. The van der Waals surface area contributed by atoms with E-state index in [2.05, 4.69) is 4.98 Å². The molecule has 1 aromatic heterocycles. The van der Waals surface area contributed by atoms with E-state index >= 15 is 0 Å². The Morgan fingerprint density at radius 1 is 1.46 bits per heavy atom. The zero-order chi connectivity index (χ0) is 17.2. The van der Waals surface area contributed by atoms with Crippen molar-refractivity contribution in [3.05, 3.63) is 34.2 Å². The molecule has 2 heterocycles. The number of hydrogen-bond donors (Lipinski definition) is 2. The van der Waals surface area contributed by atoms with Gasteiger partial charge in [0.25, 0.3) is 5.91 Å². The summed E-state index contributed by atoms with van der Waals surface area (Å²) < 4.78 is 11.5. The van der Waals surface area contributed by atoms with E-state index in [9.17, 15) is 9.59 Å². The molecule has 1 aromatic rings. The number of pyridine rings is 1. The van der Waals surface area contributed by atoms with Gasteiger partial charge in [0.2, 0.25) is 5.56 Å². The van der Waals surface area contributed by atoms with E-state index in [1.807, 2.05) is 4.90 Å². The van der Waals surface area contributed by atoms with Crippen LogP contribution < -0.4 is 5.56 Å². The number of aliphatic hydroxyl groups is 1. The molecule has 7 nitrogen and oxygen atoms in total. The lowest BCUT2D eigenvalue weighted by molar-refractivity contribution is -0.0992. The van der Waals surface area contributed by atoms with Crippen LogP contribution >= 0.6 is 0 Å². The summed E-state index contributed by atoms with van der Waals surface area (Å²) in [5.74, 6) is -0.0991. The van der Waals surface area contributed by atoms with E-state index in [1.165, 1.54) is 12.3 Å². The Kier molecular flexibility index (Phi) is 5.03. The first kappa shape index (κ1) is 17.1. The highest BCUT2D eigenvalue weighted by Crippen LogP contribution is 2.43. The number of rotatable bonds is 5. The van der Waals surface area contributed by atoms with E-state index in [0.717, 1.165) is 19.3 Å². The van der Waals surface area contributed by atoms with Crippen LogP contribution in [0.15, 0.2) is 23.1 Å². The summed E-state index contributed by atoms with van der Waals surface area (Å²) in [6, 6.07) is 2.86. The first-order valence-corrected chi connectivity index (χ1v) is 8.37. The lowest BCUT2D eigenvalue weighted by Gasteiger charge is -2.43. The van der Waals surface area contributed by atoms with Crippen LogP contribution in [0.2, 0.25) is 0 Å². The second-order valence-corrected chi connectivity index (χ2v) is 6.47. The van der Waals surface area contributed by atoms with Crippen LogP contribution in [0.3, 0.4) is 0 Å². The zero-order valence-corrected chi connectivity index (χ0v) is 13.9. The van der Waals surface area contributed by atoms with Crippen molar-refractivity contribution in [2.45, 2.75) is 43.4 Å². The molecule has 0 spiro atoms. The molecular weight excluding hydrogens is 312 g/mol. The molecule has 1 saturated carbocycles. The van der Waals surface area contributed by atoms with Crippen LogP contribution in [-0.2, 0) is 9.47 Å². The molecular formula is C17H24N2O5. The van der Waals surface area contributed by atoms with Gasteiger partial charge in [-0.1, -0.05) is 0 Å². The minimum absolute atomic E-state index is 0.00336. The molecule has 1 amide bonds. The summed E-state index contributed by atoms with van der Waals surface area (Å²) in [6.07, 6.45) is 4.68. The van der Waals surface area contributed by atoms with Crippen LogP contribution in [0, 0.1) is 0 Å². The van der Waals surface area contributed by atoms with Crippen LogP contribution in [0.1, 0.15) is 36.0 Å². The number of carbonyl (C=O) groups is 1. The normalized spacial score (nSPS) is 29.5.